The van der Waals surface area contributed by atoms with Gasteiger partial charge in [0.1, 0.15) is 0 Å². The molecule has 1 saturated heterocycles. The Morgan fingerprint density at radius 2 is 1.74 bits per heavy atom. The lowest BCUT2D eigenvalue weighted by Gasteiger charge is -2.37. The van der Waals surface area contributed by atoms with Crippen molar-refractivity contribution in [2.45, 2.75) is 61.4 Å². The molecular formula is C19H29Cl2N3O3. The number of alkyl halides is 2. The first-order valence-corrected chi connectivity index (χ1v) is 10.8. The molecule has 0 aromatic carbocycles. The largest absolute Gasteiger partial charge is 0.391 e. The summed E-state index contributed by atoms with van der Waals surface area (Å²) in [5.74, 6) is 0.124. The van der Waals surface area contributed by atoms with Crippen LogP contribution in [-0.2, 0) is 9.59 Å². The molecule has 0 radical (unpaired) electrons. The van der Waals surface area contributed by atoms with Crippen LogP contribution in [0.5, 0.6) is 0 Å². The summed E-state index contributed by atoms with van der Waals surface area (Å²) in [6, 6.07) is -0.215. The molecule has 2 fully saturated rings. The molecule has 0 spiro atoms. The lowest BCUT2D eigenvalue weighted by molar-refractivity contribution is -0.137. The molecule has 0 aromatic heterocycles. The van der Waals surface area contributed by atoms with Gasteiger partial charge in [-0.05, 0) is 38.5 Å². The van der Waals surface area contributed by atoms with Crippen molar-refractivity contribution in [2.75, 3.05) is 32.7 Å². The Morgan fingerprint density at radius 3 is 2.41 bits per heavy atom. The van der Waals surface area contributed by atoms with Crippen LogP contribution >= 0.6 is 23.2 Å². The van der Waals surface area contributed by atoms with Crippen molar-refractivity contribution in [2.24, 2.45) is 0 Å². The topological polar surface area (TPSA) is 72.9 Å². The van der Waals surface area contributed by atoms with E-state index in [1.165, 1.54) is 0 Å². The molecule has 1 heterocycles. The fourth-order valence-electron chi connectivity index (χ4n) is 4.03. The van der Waals surface area contributed by atoms with E-state index in [0.717, 1.165) is 31.3 Å². The molecule has 3 aliphatic rings. The number of aliphatic hydroxyl groups is 1. The maximum absolute atomic E-state index is 12.5. The molecule has 2 aliphatic carbocycles. The van der Waals surface area contributed by atoms with Crippen LogP contribution in [-0.4, -0.2) is 82.3 Å². The standard InChI is InChI=1S/C19H29Cl2N3O3/c20-14-10-16(17(25)11-15(14)21)22-12-18(26)23-6-8-24(9-7-23)19(27)13-4-2-1-3-5-13/h4,14-17,22,25H,1-3,5-12H2. The number of allylic oxidation sites excluding steroid dienone is 1. The van der Waals surface area contributed by atoms with Crippen LogP contribution in [0.4, 0.5) is 0 Å². The quantitative estimate of drug-likeness (QED) is 0.679. The number of nitrogens with zero attached hydrogens (tertiary/aromatic N) is 2. The van der Waals surface area contributed by atoms with Crippen molar-refractivity contribution in [1.82, 2.24) is 15.1 Å². The van der Waals surface area contributed by atoms with Crippen LogP contribution < -0.4 is 5.32 Å². The molecule has 8 heteroatoms. The molecular weight excluding hydrogens is 389 g/mol. The van der Waals surface area contributed by atoms with E-state index in [0.29, 0.717) is 39.0 Å². The van der Waals surface area contributed by atoms with Gasteiger partial charge in [-0.25, -0.2) is 0 Å². The summed E-state index contributed by atoms with van der Waals surface area (Å²) >= 11 is 12.3. The highest BCUT2D eigenvalue weighted by molar-refractivity contribution is 6.30. The lowest BCUT2D eigenvalue weighted by Crippen LogP contribution is -2.55. The number of hydrogen-bond acceptors (Lipinski definition) is 4. The van der Waals surface area contributed by atoms with Gasteiger partial charge in [-0.3, -0.25) is 9.59 Å². The lowest BCUT2D eigenvalue weighted by atomic mass is 9.91. The summed E-state index contributed by atoms with van der Waals surface area (Å²) < 4.78 is 0. The van der Waals surface area contributed by atoms with Gasteiger partial charge >= 0.3 is 0 Å². The molecule has 3 rings (SSSR count). The Balaban J connectivity index is 1.42. The molecule has 4 unspecified atom stereocenters. The van der Waals surface area contributed by atoms with Gasteiger partial charge in [0.2, 0.25) is 11.8 Å². The summed E-state index contributed by atoms with van der Waals surface area (Å²) in [4.78, 5) is 28.7. The van der Waals surface area contributed by atoms with Crippen molar-refractivity contribution >= 4 is 35.0 Å². The molecule has 2 N–H and O–H groups in total. The van der Waals surface area contributed by atoms with Crippen LogP contribution in [0.15, 0.2) is 11.6 Å². The number of aliphatic hydroxyl groups excluding tert-OH is 1. The van der Waals surface area contributed by atoms with E-state index >= 15 is 0 Å². The molecule has 1 saturated carbocycles. The van der Waals surface area contributed by atoms with Crippen molar-refractivity contribution in [3.63, 3.8) is 0 Å². The maximum atomic E-state index is 12.5. The Morgan fingerprint density at radius 1 is 1.07 bits per heavy atom. The van der Waals surface area contributed by atoms with Gasteiger partial charge in [-0.1, -0.05) is 6.08 Å². The van der Waals surface area contributed by atoms with Crippen molar-refractivity contribution < 1.29 is 14.7 Å². The minimum Gasteiger partial charge on any atom is -0.391 e. The van der Waals surface area contributed by atoms with Gasteiger partial charge in [0.25, 0.3) is 0 Å². The second kappa shape index (κ2) is 9.59. The van der Waals surface area contributed by atoms with Gasteiger partial charge in [-0.15, -0.1) is 23.2 Å². The third-order valence-electron chi connectivity index (χ3n) is 5.80. The van der Waals surface area contributed by atoms with Crippen LogP contribution in [0.1, 0.15) is 38.5 Å². The number of carbonyl (C=O) groups excluding carboxylic acids is 2. The molecule has 152 valence electrons. The summed E-state index contributed by atoms with van der Waals surface area (Å²) in [6.07, 6.45) is 6.56. The number of hydrogen-bond donors (Lipinski definition) is 2. The number of carbonyl (C=O) groups is 2. The van der Waals surface area contributed by atoms with Crippen LogP contribution in [0.25, 0.3) is 0 Å². The van der Waals surface area contributed by atoms with Gasteiger partial charge in [0.05, 0.1) is 23.4 Å². The van der Waals surface area contributed by atoms with E-state index in [2.05, 4.69) is 11.4 Å². The molecule has 0 aromatic rings. The Kier molecular flexibility index (Phi) is 7.42. The van der Waals surface area contributed by atoms with Gasteiger partial charge in [0, 0.05) is 37.8 Å². The second-order valence-electron chi connectivity index (χ2n) is 7.71. The summed E-state index contributed by atoms with van der Waals surface area (Å²) in [7, 11) is 0. The van der Waals surface area contributed by atoms with E-state index < -0.39 is 6.10 Å². The number of halogens is 2. The van der Waals surface area contributed by atoms with E-state index in [-0.39, 0.29) is 35.2 Å². The summed E-state index contributed by atoms with van der Waals surface area (Å²) in [5, 5.41) is 12.8. The Labute approximate surface area is 170 Å². The first kappa shape index (κ1) is 20.9. The Hall–Kier alpha value is -0.820. The minimum atomic E-state index is -0.589. The van der Waals surface area contributed by atoms with Crippen molar-refractivity contribution in [3.05, 3.63) is 11.6 Å². The second-order valence-corrected chi connectivity index (χ2v) is 8.83. The predicted octanol–water partition coefficient (Wildman–Crippen LogP) is 1.49. The van der Waals surface area contributed by atoms with Crippen molar-refractivity contribution in [1.29, 1.82) is 0 Å². The summed E-state index contributed by atoms with van der Waals surface area (Å²) in [5.41, 5.74) is 0.933. The molecule has 2 amide bonds. The minimum absolute atomic E-state index is 0.00898. The monoisotopic (exact) mass is 417 g/mol. The zero-order chi connectivity index (χ0) is 19.4. The number of rotatable bonds is 4. The SMILES string of the molecule is O=C(CNC1CC(Cl)C(Cl)CC1O)N1CCN(C(=O)C2=CCCCC2)CC1. The fraction of sp³-hybridized carbons (Fsp3) is 0.789. The molecule has 1 aliphatic heterocycles. The molecule has 4 atom stereocenters. The molecule has 27 heavy (non-hydrogen) atoms. The highest BCUT2D eigenvalue weighted by Crippen LogP contribution is 2.28. The van der Waals surface area contributed by atoms with Gasteiger partial charge in [-0.2, -0.15) is 0 Å². The van der Waals surface area contributed by atoms with Gasteiger partial charge in [0.15, 0.2) is 0 Å². The predicted molar refractivity (Wildman–Crippen MR) is 106 cm³/mol. The van der Waals surface area contributed by atoms with Crippen LogP contribution in [0.2, 0.25) is 0 Å². The highest BCUT2D eigenvalue weighted by Gasteiger charge is 2.34. The van der Waals surface area contributed by atoms with Crippen LogP contribution in [0, 0.1) is 0 Å². The fourth-order valence-corrected chi connectivity index (χ4v) is 4.61. The number of nitrogens with one attached hydrogen (secondary N) is 1. The maximum Gasteiger partial charge on any atom is 0.249 e. The smallest absolute Gasteiger partial charge is 0.249 e. The third-order valence-corrected chi connectivity index (χ3v) is 6.90. The average molecular weight is 418 g/mol. The summed E-state index contributed by atoms with van der Waals surface area (Å²) in [6.45, 7) is 2.41. The van der Waals surface area contributed by atoms with Crippen LogP contribution in [0.3, 0.4) is 0 Å². The first-order valence-electron chi connectivity index (χ1n) is 9.91. The van der Waals surface area contributed by atoms with E-state index in [4.69, 9.17) is 23.2 Å². The number of amides is 2. The van der Waals surface area contributed by atoms with E-state index in [1.807, 2.05) is 4.90 Å². The van der Waals surface area contributed by atoms with E-state index in [9.17, 15) is 14.7 Å². The molecule has 6 nitrogen and oxygen atoms in total. The van der Waals surface area contributed by atoms with Crippen molar-refractivity contribution in [3.8, 4) is 0 Å². The van der Waals surface area contributed by atoms with Gasteiger partial charge < -0.3 is 20.2 Å². The highest BCUT2D eigenvalue weighted by atomic mass is 35.5. The van der Waals surface area contributed by atoms with E-state index in [1.54, 1.807) is 4.90 Å². The molecule has 0 bridgehead atoms. The normalized spacial score (nSPS) is 32.2. The number of piperazine rings is 1. The zero-order valence-electron chi connectivity index (χ0n) is 15.6. The average Bonchev–Trinajstić information content (AvgIpc) is 2.69. The Bertz CT molecular complexity index is 579. The zero-order valence-corrected chi connectivity index (χ0v) is 17.1. The first-order chi connectivity index (χ1) is 13.0. The third kappa shape index (κ3) is 5.37.